The Balaban J connectivity index is 1.79. The van der Waals surface area contributed by atoms with Crippen LogP contribution in [0.1, 0.15) is 40.9 Å². The summed E-state index contributed by atoms with van der Waals surface area (Å²) < 4.78 is 0. The van der Waals surface area contributed by atoms with Gasteiger partial charge in [0.15, 0.2) is 6.29 Å². The minimum Gasteiger partial charge on any atom is -0.385 e. The maximum absolute atomic E-state index is 11.7. The first-order valence-electron chi connectivity index (χ1n) is 7.25. The molecule has 6 heteroatoms. The maximum atomic E-state index is 11.7. The molecule has 0 aliphatic carbocycles. The van der Waals surface area contributed by atoms with Crippen molar-refractivity contribution in [3.63, 3.8) is 0 Å². The van der Waals surface area contributed by atoms with Gasteiger partial charge in [-0.2, -0.15) is 0 Å². The molecule has 0 bridgehead atoms. The predicted octanol–water partition coefficient (Wildman–Crippen LogP) is 1.41. The zero-order valence-electron chi connectivity index (χ0n) is 12.2. The maximum Gasteiger partial charge on any atom is 0.251 e. The van der Waals surface area contributed by atoms with E-state index in [4.69, 9.17) is 5.73 Å². The van der Waals surface area contributed by atoms with Crippen LogP contribution in [0.25, 0.3) is 0 Å². The Kier molecular flexibility index (Phi) is 5.30. The molecule has 0 unspecified atom stereocenters. The number of unbranched alkanes of at least 4 members (excludes halogenated alkanes) is 2. The second-order valence-electron chi connectivity index (χ2n) is 5.21. The first-order valence-corrected chi connectivity index (χ1v) is 7.25. The first-order chi connectivity index (χ1) is 10.6. The zero-order chi connectivity index (χ0) is 15.9. The van der Waals surface area contributed by atoms with E-state index in [0.717, 1.165) is 31.2 Å². The number of nitrogens with one attached hydrogen (secondary N) is 2. The molecule has 0 aromatic carbocycles. The minimum absolute atomic E-state index is 0.195. The Morgan fingerprint density at radius 1 is 0.909 bits per heavy atom. The molecule has 2 aromatic rings. The van der Waals surface area contributed by atoms with Gasteiger partial charge in [0.2, 0.25) is 5.56 Å². The fraction of sp³-hybridized carbons (Fsp3) is 0.312. The van der Waals surface area contributed by atoms with Crippen LogP contribution in [-0.4, -0.2) is 16.3 Å². The van der Waals surface area contributed by atoms with Crippen LogP contribution in [0.4, 0.5) is 5.82 Å². The van der Waals surface area contributed by atoms with Crippen molar-refractivity contribution in [3.05, 3.63) is 61.8 Å². The fourth-order valence-electron chi connectivity index (χ4n) is 2.33. The number of aldehydes is 1. The molecule has 2 aromatic heterocycles. The van der Waals surface area contributed by atoms with Gasteiger partial charge in [0.05, 0.1) is 5.69 Å². The van der Waals surface area contributed by atoms with Gasteiger partial charge < -0.3 is 15.7 Å². The molecule has 0 saturated carbocycles. The Morgan fingerprint density at radius 2 is 1.59 bits per heavy atom. The average Bonchev–Trinajstić information content (AvgIpc) is 2.50. The van der Waals surface area contributed by atoms with Crippen molar-refractivity contribution < 1.29 is 4.79 Å². The van der Waals surface area contributed by atoms with E-state index in [1.165, 1.54) is 6.07 Å². The van der Waals surface area contributed by atoms with E-state index in [9.17, 15) is 14.4 Å². The molecule has 22 heavy (non-hydrogen) atoms. The van der Waals surface area contributed by atoms with Gasteiger partial charge in [0, 0.05) is 11.6 Å². The number of hydrogen-bond donors (Lipinski definition) is 3. The number of rotatable bonds is 7. The van der Waals surface area contributed by atoms with Crippen LogP contribution in [-0.2, 0) is 12.8 Å². The lowest BCUT2D eigenvalue weighted by Crippen LogP contribution is -2.14. The normalized spacial score (nSPS) is 10.5. The van der Waals surface area contributed by atoms with E-state index in [-0.39, 0.29) is 11.1 Å². The molecule has 0 aliphatic rings. The standard InChI is InChI=1S/C16H19N3O3/c17-15-11(7-9-14(21)19-15)4-2-1-3-5-12-6-8-13(10-20)18-16(12)22/h6-10H,1-5H2,(H,18,22)(H3,17,19,21). The van der Waals surface area contributed by atoms with E-state index in [1.807, 2.05) is 0 Å². The van der Waals surface area contributed by atoms with E-state index in [2.05, 4.69) is 9.97 Å². The summed E-state index contributed by atoms with van der Waals surface area (Å²) in [5.41, 5.74) is 7.27. The van der Waals surface area contributed by atoms with Gasteiger partial charge in [-0.25, -0.2) is 0 Å². The number of aryl methyl sites for hydroxylation is 2. The number of aromatic amines is 2. The van der Waals surface area contributed by atoms with E-state index in [0.29, 0.717) is 29.8 Å². The van der Waals surface area contributed by atoms with E-state index >= 15 is 0 Å². The number of anilines is 1. The summed E-state index contributed by atoms with van der Waals surface area (Å²) in [7, 11) is 0. The molecular formula is C16H19N3O3. The van der Waals surface area contributed by atoms with Crippen LogP contribution in [0.15, 0.2) is 33.9 Å². The Bertz CT molecular complexity index is 762. The highest BCUT2D eigenvalue weighted by molar-refractivity contribution is 5.71. The third-order valence-electron chi connectivity index (χ3n) is 3.57. The van der Waals surface area contributed by atoms with Crippen LogP contribution in [0.5, 0.6) is 0 Å². The van der Waals surface area contributed by atoms with E-state index < -0.39 is 0 Å². The van der Waals surface area contributed by atoms with Crippen molar-refractivity contribution in [2.24, 2.45) is 0 Å². The summed E-state index contributed by atoms with van der Waals surface area (Å²) in [6.45, 7) is 0. The predicted molar refractivity (Wildman–Crippen MR) is 85.2 cm³/mol. The average molecular weight is 301 g/mol. The molecule has 4 N–H and O–H groups in total. The first kappa shape index (κ1) is 15.8. The largest absolute Gasteiger partial charge is 0.385 e. The van der Waals surface area contributed by atoms with Gasteiger partial charge in [-0.3, -0.25) is 14.4 Å². The monoisotopic (exact) mass is 301 g/mol. The quantitative estimate of drug-likeness (QED) is 0.530. The van der Waals surface area contributed by atoms with Crippen molar-refractivity contribution in [3.8, 4) is 0 Å². The van der Waals surface area contributed by atoms with Crippen LogP contribution < -0.4 is 16.9 Å². The van der Waals surface area contributed by atoms with Gasteiger partial charge in [-0.05, 0) is 43.4 Å². The minimum atomic E-state index is -0.200. The molecule has 116 valence electrons. The van der Waals surface area contributed by atoms with Gasteiger partial charge in [0.1, 0.15) is 5.82 Å². The molecule has 2 rings (SSSR count). The smallest absolute Gasteiger partial charge is 0.251 e. The molecule has 0 aliphatic heterocycles. The third-order valence-corrected chi connectivity index (χ3v) is 3.57. The summed E-state index contributed by atoms with van der Waals surface area (Å²) in [4.78, 5) is 38.4. The third kappa shape index (κ3) is 4.18. The van der Waals surface area contributed by atoms with Gasteiger partial charge in [-0.15, -0.1) is 0 Å². The summed E-state index contributed by atoms with van der Waals surface area (Å²) in [5.74, 6) is 0.424. The van der Waals surface area contributed by atoms with Crippen LogP contribution >= 0.6 is 0 Å². The lowest BCUT2D eigenvalue weighted by molar-refractivity contribution is 0.111. The second-order valence-corrected chi connectivity index (χ2v) is 5.21. The molecular weight excluding hydrogens is 282 g/mol. The summed E-state index contributed by atoms with van der Waals surface area (Å²) >= 11 is 0. The Morgan fingerprint density at radius 3 is 2.23 bits per heavy atom. The van der Waals surface area contributed by atoms with Crippen molar-refractivity contribution in [2.45, 2.75) is 32.1 Å². The summed E-state index contributed by atoms with van der Waals surface area (Å²) in [6.07, 6.45) is 4.86. The van der Waals surface area contributed by atoms with E-state index in [1.54, 1.807) is 18.2 Å². The Labute approximate surface area is 127 Å². The molecule has 6 nitrogen and oxygen atoms in total. The molecule has 0 saturated heterocycles. The second kappa shape index (κ2) is 7.40. The topological polar surface area (TPSA) is 109 Å². The highest BCUT2D eigenvalue weighted by Crippen LogP contribution is 2.11. The lowest BCUT2D eigenvalue weighted by atomic mass is 10.0. The van der Waals surface area contributed by atoms with Crippen molar-refractivity contribution in [2.75, 3.05) is 5.73 Å². The molecule has 2 heterocycles. The number of pyridine rings is 2. The lowest BCUT2D eigenvalue weighted by Gasteiger charge is -2.05. The highest BCUT2D eigenvalue weighted by Gasteiger charge is 2.03. The summed E-state index contributed by atoms with van der Waals surface area (Å²) in [5, 5.41) is 0. The van der Waals surface area contributed by atoms with Crippen molar-refractivity contribution in [1.82, 2.24) is 9.97 Å². The number of hydrogen-bond acceptors (Lipinski definition) is 4. The number of nitrogens with two attached hydrogens (primary N) is 1. The molecule has 0 amide bonds. The zero-order valence-corrected chi connectivity index (χ0v) is 12.2. The summed E-state index contributed by atoms with van der Waals surface area (Å²) in [6, 6.07) is 6.53. The number of carbonyl (C=O) groups is 1. The van der Waals surface area contributed by atoms with Crippen molar-refractivity contribution in [1.29, 1.82) is 0 Å². The number of H-pyrrole nitrogens is 2. The van der Waals surface area contributed by atoms with Gasteiger partial charge in [-0.1, -0.05) is 12.5 Å². The number of carbonyl (C=O) groups excluding carboxylic acids is 1. The van der Waals surface area contributed by atoms with Crippen molar-refractivity contribution >= 4 is 12.1 Å². The van der Waals surface area contributed by atoms with Gasteiger partial charge in [0.25, 0.3) is 5.56 Å². The number of nitrogen functional groups attached to an aromatic ring is 1. The number of aromatic nitrogens is 2. The highest BCUT2D eigenvalue weighted by atomic mass is 16.1. The van der Waals surface area contributed by atoms with Crippen LogP contribution in [0.2, 0.25) is 0 Å². The molecule has 0 atom stereocenters. The van der Waals surface area contributed by atoms with Crippen LogP contribution in [0, 0.1) is 0 Å². The molecule has 0 spiro atoms. The SMILES string of the molecule is Nc1[nH]c(=O)ccc1CCCCCc1ccc(C=O)[nH]c1=O. The Hall–Kier alpha value is -2.63. The fourth-order valence-corrected chi connectivity index (χ4v) is 2.33. The van der Waals surface area contributed by atoms with Crippen LogP contribution in [0.3, 0.4) is 0 Å². The molecule has 0 fully saturated rings. The van der Waals surface area contributed by atoms with Gasteiger partial charge >= 0.3 is 0 Å². The molecule has 0 radical (unpaired) electrons.